The van der Waals surface area contributed by atoms with Crippen molar-refractivity contribution in [2.45, 2.75) is 17.7 Å². The van der Waals surface area contributed by atoms with Gasteiger partial charge in [-0.15, -0.1) is 0 Å². The van der Waals surface area contributed by atoms with Gasteiger partial charge in [-0.3, -0.25) is 14.8 Å². The molecule has 2 aromatic carbocycles. The summed E-state index contributed by atoms with van der Waals surface area (Å²) in [5, 5.41) is 9.39. The van der Waals surface area contributed by atoms with Crippen LogP contribution in [0.25, 0.3) is 5.70 Å². The molecule has 1 fully saturated rings. The topological polar surface area (TPSA) is 61.6 Å². The maximum absolute atomic E-state index is 11.6. The number of anilines is 1. The Balaban J connectivity index is 1.32. The standard InChI is InChI=1S/C22H25ClN4OS/c1-15(18-4-2-3-5-21(18)29-24)27-10-8-26(9-11-27)7-6-16-12-17-13-22(28)25-20(17)14-19(16)23/h2-5,12,14H,1,6-11,13,24H2,(H,25,28). The minimum atomic E-state index is 0.0409. The Bertz CT molecular complexity index is 940. The maximum atomic E-state index is 11.6. The van der Waals surface area contributed by atoms with Crippen molar-refractivity contribution in [2.75, 3.05) is 38.0 Å². The van der Waals surface area contributed by atoms with Crippen LogP contribution in [0, 0.1) is 0 Å². The third-order valence-electron chi connectivity index (χ3n) is 5.67. The van der Waals surface area contributed by atoms with E-state index in [1.54, 1.807) is 0 Å². The molecule has 2 heterocycles. The minimum Gasteiger partial charge on any atom is -0.369 e. The summed E-state index contributed by atoms with van der Waals surface area (Å²) in [4.78, 5) is 17.4. The first-order chi connectivity index (χ1) is 14.0. The quantitative estimate of drug-likeness (QED) is 0.688. The monoisotopic (exact) mass is 428 g/mol. The molecule has 0 saturated carbocycles. The lowest BCUT2D eigenvalue weighted by Crippen LogP contribution is -2.45. The first-order valence-electron chi connectivity index (χ1n) is 9.78. The van der Waals surface area contributed by atoms with Crippen LogP contribution in [0.2, 0.25) is 5.02 Å². The number of benzene rings is 2. The molecule has 0 radical (unpaired) electrons. The summed E-state index contributed by atoms with van der Waals surface area (Å²) >= 11 is 7.70. The van der Waals surface area contributed by atoms with Crippen LogP contribution in [0.5, 0.6) is 0 Å². The molecule has 0 aromatic heterocycles. The number of halogens is 1. The highest BCUT2D eigenvalue weighted by atomic mass is 35.5. The zero-order chi connectivity index (χ0) is 20.4. The number of fused-ring (bicyclic) bond motifs is 1. The molecule has 3 N–H and O–H groups in total. The Kier molecular flexibility index (Phi) is 6.15. The normalized spacial score (nSPS) is 16.6. The van der Waals surface area contributed by atoms with Crippen LogP contribution in [-0.4, -0.2) is 48.4 Å². The average molecular weight is 429 g/mol. The van der Waals surface area contributed by atoms with Crippen LogP contribution in [0.15, 0.2) is 47.9 Å². The molecular weight excluding hydrogens is 404 g/mol. The number of nitrogens with two attached hydrogens (primary N) is 1. The summed E-state index contributed by atoms with van der Waals surface area (Å²) in [7, 11) is 0. The van der Waals surface area contributed by atoms with E-state index in [2.05, 4.69) is 33.8 Å². The largest absolute Gasteiger partial charge is 0.369 e. The van der Waals surface area contributed by atoms with Crippen LogP contribution >= 0.6 is 23.5 Å². The zero-order valence-corrected chi connectivity index (χ0v) is 17.9. The van der Waals surface area contributed by atoms with Gasteiger partial charge in [0.05, 0.1) is 6.42 Å². The summed E-state index contributed by atoms with van der Waals surface area (Å²) in [5.41, 5.74) is 5.17. The highest BCUT2D eigenvalue weighted by Gasteiger charge is 2.22. The predicted octanol–water partition coefficient (Wildman–Crippen LogP) is 3.63. The minimum absolute atomic E-state index is 0.0409. The van der Waals surface area contributed by atoms with E-state index in [1.165, 1.54) is 11.9 Å². The van der Waals surface area contributed by atoms with Crippen molar-refractivity contribution in [3.8, 4) is 0 Å². The van der Waals surface area contributed by atoms with E-state index in [1.807, 2.05) is 24.3 Å². The molecule has 1 amide bonds. The Hall–Kier alpha value is -1.99. The average Bonchev–Trinajstić information content (AvgIpc) is 3.10. The van der Waals surface area contributed by atoms with Crippen LogP contribution in [0.1, 0.15) is 16.7 Å². The number of hydrogen-bond acceptors (Lipinski definition) is 5. The molecule has 0 unspecified atom stereocenters. The van der Waals surface area contributed by atoms with Gasteiger partial charge in [0.1, 0.15) is 0 Å². The fraction of sp³-hybridized carbons (Fsp3) is 0.318. The molecule has 5 nitrogen and oxygen atoms in total. The van der Waals surface area contributed by atoms with E-state index < -0.39 is 0 Å². The second-order valence-electron chi connectivity index (χ2n) is 7.47. The fourth-order valence-corrected chi connectivity index (χ4v) is 4.72. The molecule has 2 aromatic rings. The summed E-state index contributed by atoms with van der Waals surface area (Å²) in [6.45, 7) is 9.13. The summed E-state index contributed by atoms with van der Waals surface area (Å²) < 4.78 is 0. The van der Waals surface area contributed by atoms with Crippen molar-refractivity contribution in [3.05, 3.63) is 64.7 Å². The van der Waals surface area contributed by atoms with Crippen molar-refractivity contribution in [1.29, 1.82) is 0 Å². The van der Waals surface area contributed by atoms with Gasteiger partial charge in [-0.2, -0.15) is 0 Å². The highest BCUT2D eigenvalue weighted by molar-refractivity contribution is 7.97. The summed E-state index contributed by atoms with van der Waals surface area (Å²) in [6, 6.07) is 12.1. The SMILES string of the molecule is C=C(c1ccccc1SN)N1CCN(CCc2cc3c(cc2Cl)NC(=O)C3)CC1. The van der Waals surface area contributed by atoms with E-state index in [9.17, 15) is 4.79 Å². The molecular formula is C22H25ClN4OS. The number of nitrogens with zero attached hydrogens (tertiary/aromatic N) is 2. The van der Waals surface area contributed by atoms with Crippen LogP contribution in [0.4, 0.5) is 5.69 Å². The Morgan fingerprint density at radius 3 is 2.72 bits per heavy atom. The van der Waals surface area contributed by atoms with E-state index in [4.69, 9.17) is 16.7 Å². The highest BCUT2D eigenvalue weighted by Crippen LogP contribution is 2.30. The second-order valence-corrected chi connectivity index (χ2v) is 8.55. The summed E-state index contributed by atoms with van der Waals surface area (Å²) in [5.74, 6) is 0.0409. The van der Waals surface area contributed by atoms with E-state index >= 15 is 0 Å². The van der Waals surface area contributed by atoms with E-state index in [-0.39, 0.29) is 5.91 Å². The number of hydrogen-bond donors (Lipinski definition) is 2. The van der Waals surface area contributed by atoms with Crippen LogP contribution < -0.4 is 10.5 Å². The predicted molar refractivity (Wildman–Crippen MR) is 121 cm³/mol. The number of rotatable bonds is 6. The lowest BCUT2D eigenvalue weighted by molar-refractivity contribution is -0.115. The van der Waals surface area contributed by atoms with Gasteiger partial charge in [-0.05, 0) is 41.6 Å². The van der Waals surface area contributed by atoms with Gasteiger partial charge in [-0.1, -0.05) is 42.4 Å². The molecule has 4 rings (SSSR count). The maximum Gasteiger partial charge on any atom is 0.228 e. The first kappa shape index (κ1) is 20.3. The molecule has 0 bridgehead atoms. The fourth-order valence-electron chi connectivity index (χ4n) is 3.99. The van der Waals surface area contributed by atoms with Gasteiger partial charge >= 0.3 is 0 Å². The second kappa shape index (κ2) is 8.79. The third-order valence-corrected chi connectivity index (χ3v) is 6.64. The molecule has 7 heteroatoms. The Labute approximate surface area is 181 Å². The van der Waals surface area contributed by atoms with Crippen molar-refractivity contribution in [1.82, 2.24) is 9.80 Å². The molecule has 1 saturated heterocycles. The van der Waals surface area contributed by atoms with Gasteiger partial charge in [0.2, 0.25) is 5.91 Å². The molecule has 29 heavy (non-hydrogen) atoms. The third kappa shape index (κ3) is 4.46. The molecule has 2 aliphatic rings. The Morgan fingerprint density at radius 1 is 1.21 bits per heavy atom. The van der Waals surface area contributed by atoms with Gasteiger partial charge in [-0.25, -0.2) is 0 Å². The number of nitrogens with one attached hydrogen (secondary N) is 1. The van der Waals surface area contributed by atoms with Crippen molar-refractivity contribution < 1.29 is 4.79 Å². The molecule has 0 atom stereocenters. The lowest BCUT2D eigenvalue weighted by Gasteiger charge is -2.37. The zero-order valence-electron chi connectivity index (χ0n) is 16.3. The van der Waals surface area contributed by atoms with Gasteiger partial charge < -0.3 is 10.2 Å². The smallest absolute Gasteiger partial charge is 0.228 e. The van der Waals surface area contributed by atoms with E-state index in [0.717, 1.165) is 77.1 Å². The molecule has 2 aliphatic heterocycles. The number of piperazine rings is 1. The lowest BCUT2D eigenvalue weighted by atomic mass is 10.1. The van der Waals surface area contributed by atoms with Gasteiger partial charge in [0.15, 0.2) is 0 Å². The molecule has 0 aliphatic carbocycles. The van der Waals surface area contributed by atoms with Crippen molar-refractivity contribution in [2.24, 2.45) is 5.14 Å². The Morgan fingerprint density at radius 2 is 1.97 bits per heavy atom. The number of carbonyl (C=O) groups excluding carboxylic acids is 1. The first-order valence-corrected chi connectivity index (χ1v) is 11.0. The van der Waals surface area contributed by atoms with Crippen molar-refractivity contribution >= 4 is 40.8 Å². The number of carbonyl (C=O) groups is 1. The van der Waals surface area contributed by atoms with Crippen LogP contribution in [-0.2, 0) is 17.6 Å². The van der Waals surface area contributed by atoms with Crippen LogP contribution in [0.3, 0.4) is 0 Å². The number of amides is 1. The van der Waals surface area contributed by atoms with Crippen molar-refractivity contribution in [3.63, 3.8) is 0 Å². The van der Waals surface area contributed by atoms with E-state index in [0.29, 0.717) is 6.42 Å². The molecule has 0 spiro atoms. The van der Waals surface area contributed by atoms with Gasteiger partial charge in [0.25, 0.3) is 0 Å². The summed E-state index contributed by atoms with van der Waals surface area (Å²) in [6.07, 6.45) is 1.33. The van der Waals surface area contributed by atoms with Gasteiger partial charge in [0, 0.05) is 59.6 Å². The molecule has 152 valence electrons.